The Hall–Kier alpha value is -0.500. The quantitative estimate of drug-likeness (QED) is 0.667. The van der Waals surface area contributed by atoms with Gasteiger partial charge in [-0.1, -0.05) is 19.9 Å². The number of hydrogen-bond donors (Lipinski definition) is 0. The van der Waals surface area contributed by atoms with E-state index in [-0.39, 0.29) is 0 Å². The van der Waals surface area contributed by atoms with Gasteiger partial charge in [-0.15, -0.1) is 0 Å². The first-order chi connectivity index (χ1) is 6.88. The monoisotopic (exact) mass is 209 g/mol. The summed E-state index contributed by atoms with van der Waals surface area (Å²) in [5.41, 5.74) is 2.70. The molecule has 1 rings (SSSR count). The summed E-state index contributed by atoms with van der Waals surface area (Å²) in [5.74, 6) is 2.48. The van der Waals surface area contributed by atoms with Crippen molar-refractivity contribution < 1.29 is 0 Å². The molecule has 0 saturated carbocycles. The predicted octanol–water partition coefficient (Wildman–Crippen LogP) is 3.33. The van der Waals surface area contributed by atoms with Crippen LogP contribution in [0.3, 0.4) is 0 Å². The Balaban J connectivity index is 2.41. The average Bonchev–Trinajstić information content (AvgIpc) is 2.25. The SMILES string of the molecule is CCCSCCc1ncccc1CC. The van der Waals surface area contributed by atoms with Gasteiger partial charge in [0.25, 0.3) is 0 Å². The van der Waals surface area contributed by atoms with Crippen molar-refractivity contribution in [1.29, 1.82) is 0 Å². The highest BCUT2D eigenvalue weighted by atomic mass is 32.2. The highest BCUT2D eigenvalue weighted by Gasteiger charge is 2.00. The third-order valence-corrected chi connectivity index (χ3v) is 3.39. The molecule has 0 aromatic carbocycles. The van der Waals surface area contributed by atoms with Crippen molar-refractivity contribution in [3.63, 3.8) is 0 Å². The molecule has 0 aliphatic heterocycles. The Morgan fingerprint density at radius 1 is 1.29 bits per heavy atom. The fourth-order valence-corrected chi connectivity index (χ4v) is 2.26. The fraction of sp³-hybridized carbons (Fsp3) is 0.583. The minimum absolute atomic E-state index is 1.10. The van der Waals surface area contributed by atoms with Crippen LogP contribution in [-0.4, -0.2) is 16.5 Å². The second-order valence-electron chi connectivity index (χ2n) is 3.33. The maximum atomic E-state index is 4.43. The first-order valence-corrected chi connectivity index (χ1v) is 6.54. The zero-order valence-corrected chi connectivity index (χ0v) is 9.94. The molecule has 1 heterocycles. The van der Waals surface area contributed by atoms with Gasteiger partial charge in [0.15, 0.2) is 0 Å². The summed E-state index contributed by atoms with van der Waals surface area (Å²) >= 11 is 2.03. The lowest BCUT2D eigenvalue weighted by Crippen LogP contribution is -1.98. The van der Waals surface area contributed by atoms with Crippen LogP contribution in [0, 0.1) is 0 Å². The van der Waals surface area contributed by atoms with Gasteiger partial charge >= 0.3 is 0 Å². The molecule has 0 saturated heterocycles. The van der Waals surface area contributed by atoms with Gasteiger partial charge in [0.05, 0.1) is 0 Å². The Bertz CT molecular complexity index is 260. The van der Waals surface area contributed by atoms with E-state index in [1.165, 1.54) is 29.2 Å². The molecule has 2 heteroatoms. The van der Waals surface area contributed by atoms with Crippen LogP contribution in [0.1, 0.15) is 31.5 Å². The smallest absolute Gasteiger partial charge is 0.0443 e. The molecule has 0 bridgehead atoms. The Kier molecular flexibility index (Phi) is 5.69. The van der Waals surface area contributed by atoms with Crippen LogP contribution in [0.2, 0.25) is 0 Å². The Labute approximate surface area is 91.3 Å². The van der Waals surface area contributed by atoms with E-state index in [2.05, 4.69) is 24.9 Å². The molecular formula is C12H19NS. The van der Waals surface area contributed by atoms with Gasteiger partial charge in [-0.05, 0) is 42.4 Å². The van der Waals surface area contributed by atoms with Gasteiger partial charge in [0, 0.05) is 11.9 Å². The molecule has 0 unspecified atom stereocenters. The van der Waals surface area contributed by atoms with Gasteiger partial charge < -0.3 is 0 Å². The van der Waals surface area contributed by atoms with Gasteiger partial charge in [-0.3, -0.25) is 4.98 Å². The number of nitrogens with zero attached hydrogens (tertiary/aromatic N) is 1. The maximum absolute atomic E-state index is 4.43. The number of pyridine rings is 1. The molecule has 0 spiro atoms. The van der Waals surface area contributed by atoms with Crippen molar-refractivity contribution in [2.75, 3.05) is 11.5 Å². The molecule has 78 valence electrons. The van der Waals surface area contributed by atoms with Gasteiger partial charge in [0.2, 0.25) is 0 Å². The number of thioether (sulfide) groups is 1. The second-order valence-corrected chi connectivity index (χ2v) is 4.55. The van der Waals surface area contributed by atoms with Crippen LogP contribution in [0.25, 0.3) is 0 Å². The molecule has 0 amide bonds. The lowest BCUT2D eigenvalue weighted by Gasteiger charge is -2.05. The largest absolute Gasteiger partial charge is 0.261 e. The maximum Gasteiger partial charge on any atom is 0.0443 e. The van der Waals surface area contributed by atoms with Crippen LogP contribution in [-0.2, 0) is 12.8 Å². The first-order valence-electron chi connectivity index (χ1n) is 5.39. The summed E-state index contributed by atoms with van der Waals surface area (Å²) in [7, 11) is 0. The number of hydrogen-bond acceptors (Lipinski definition) is 2. The van der Waals surface area contributed by atoms with Crippen molar-refractivity contribution in [2.45, 2.75) is 33.1 Å². The molecule has 0 atom stereocenters. The summed E-state index contributed by atoms with van der Waals surface area (Å²) < 4.78 is 0. The first kappa shape index (κ1) is 11.6. The molecule has 1 aromatic rings. The minimum atomic E-state index is 1.10. The number of aryl methyl sites for hydroxylation is 2. The van der Waals surface area contributed by atoms with Crippen molar-refractivity contribution in [3.8, 4) is 0 Å². The lowest BCUT2D eigenvalue weighted by molar-refractivity contribution is 0.969. The highest BCUT2D eigenvalue weighted by molar-refractivity contribution is 7.99. The summed E-state index contributed by atoms with van der Waals surface area (Å²) in [5, 5.41) is 0. The van der Waals surface area contributed by atoms with Crippen molar-refractivity contribution in [2.24, 2.45) is 0 Å². The van der Waals surface area contributed by atoms with Gasteiger partial charge in [0.1, 0.15) is 0 Å². The zero-order valence-electron chi connectivity index (χ0n) is 9.12. The van der Waals surface area contributed by atoms with E-state index in [9.17, 15) is 0 Å². The topological polar surface area (TPSA) is 12.9 Å². The van der Waals surface area contributed by atoms with E-state index in [1.54, 1.807) is 0 Å². The normalized spacial score (nSPS) is 10.4. The fourth-order valence-electron chi connectivity index (χ4n) is 1.43. The van der Waals surface area contributed by atoms with E-state index < -0.39 is 0 Å². The predicted molar refractivity (Wildman–Crippen MR) is 64.9 cm³/mol. The molecule has 1 nitrogen and oxygen atoms in total. The Morgan fingerprint density at radius 2 is 2.14 bits per heavy atom. The van der Waals surface area contributed by atoms with Crippen LogP contribution < -0.4 is 0 Å². The van der Waals surface area contributed by atoms with E-state index in [4.69, 9.17) is 0 Å². The molecule has 0 aliphatic rings. The summed E-state index contributed by atoms with van der Waals surface area (Å²) in [6, 6.07) is 4.22. The van der Waals surface area contributed by atoms with Crippen LogP contribution in [0.5, 0.6) is 0 Å². The average molecular weight is 209 g/mol. The summed E-state index contributed by atoms with van der Waals surface area (Å²) in [4.78, 5) is 4.43. The summed E-state index contributed by atoms with van der Waals surface area (Å²) in [6.07, 6.45) is 5.39. The van der Waals surface area contributed by atoms with E-state index in [1.807, 2.05) is 24.0 Å². The lowest BCUT2D eigenvalue weighted by atomic mass is 10.1. The van der Waals surface area contributed by atoms with E-state index in [0.29, 0.717) is 0 Å². The second kappa shape index (κ2) is 6.88. The number of aromatic nitrogens is 1. The molecular weight excluding hydrogens is 190 g/mol. The van der Waals surface area contributed by atoms with E-state index in [0.717, 1.165) is 12.8 Å². The standard InChI is InChI=1S/C12H19NS/c1-3-9-14-10-7-12-11(4-2)6-5-8-13-12/h5-6,8H,3-4,7,9-10H2,1-2H3. The van der Waals surface area contributed by atoms with Gasteiger partial charge in [-0.2, -0.15) is 11.8 Å². The van der Waals surface area contributed by atoms with Gasteiger partial charge in [-0.25, -0.2) is 0 Å². The molecule has 0 aliphatic carbocycles. The van der Waals surface area contributed by atoms with Crippen LogP contribution in [0.15, 0.2) is 18.3 Å². The number of rotatable bonds is 6. The highest BCUT2D eigenvalue weighted by Crippen LogP contribution is 2.10. The molecule has 0 fully saturated rings. The minimum Gasteiger partial charge on any atom is -0.261 e. The molecule has 14 heavy (non-hydrogen) atoms. The van der Waals surface area contributed by atoms with E-state index >= 15 is 0 Å². The third kappa shape index (κ3) is 3.70. The van der Waals surface area contributed by atoms with Crippen LogP contribution in [0.4, 0.5) is 0 Å². The molecule has 1 aromatic heterocycles. The molecule has 0 radical (unpaired) electrons. The summed E-state index contributed by atoms with van der Waals surface area (Å²) in [6.45, 7) is 4.42. The van der Waals surface area contributed by atoms with Crippen LogP contribution >= 0.6 is 11.8 Å². The zero-order chi connectivity index (χ0) is 10.2. The molecule has 0 N–H and O–H groups in total. The van der Waals surface area contributed by atoms with Crippen molar-refractivity contribution in [3.05, 3.63) is 29.6 Å². The van der Waals surface area contributed by atoms with Crippen molar-refractivity contribution in [1.82, 2.24) is 4.98 Å². The third-order valence-electron chi connectivity index (χ3n) is 2.20. The van der Waals surface area contributed by atoms with Crippen molar-refractivity contribution >= 4 is 11.8 Å². The Morgan fingerprint density at radius 3 is 2.86 bits per heavy atom.